The van der Waals surface area contributed by atoms with Gasteiger partial charge < -0.3 is 9.32 Å². The van der Waals surface area contributed by atoms with Gasteiger partial charge in [0.25, 0.3) is 0 Å². The molecule has 0 bridgehead atoms. The van der Waals surface area contributed by atoms with Crippen LogP contribution in [0, 0.1) is 0 Å². The lowest BCUT2D eigenvalue weighted by atomic mass is 10.1. The Hall–Kier alpha value is -1.74. The molecule has 2 heterocycles. The van der Waals surface area contributed by atoms with Crippen LogP contribution in [0.25, 0.3) is 11.0 Å². The number of hydrogen-bond donors (Lipinski definition) is 0. The van der Waals surface area contributed by atoms with Crippen LogP contribution < -0.4 is 4.90 Å². The molecule has 3 aromatic rings. The zero-order chi connectivity index (χ0) is 15.6. The fourth-order valence-electron chi connectivity index (χ4n) is 3.47. The van der Waals surface area contributed by atoms with Crippen molar-refractivity contribution in [3.05, 3.63) is 64.3 Å². The first-order chi connectivity index (χ1) is 11.3. The van der Waals surface area contributed by atoms with E-state index in [4.69, 9.17) is 4.42 Å². The van der Waals surface area contributed by atoms with Crippen molar-refractivity contribution in [3.63, 3.8) is 0 Å². The summed E-state index contributed by atoms with van der Waals surface area (Å²) >= 11 is 3.61. The summed E-state index contributed by atoms with van der Waals surface area (Å²) in [5.41, 5.74) is 3.58. The van der Waals surface area contributed by atoms with E-state index in [1.54, 1.807) is 0 Å². The minimum Gasteiger partial charge on any atom is -0.458 e. The molecule has 118 valence electrons. The number of fused-ring (bicyclic) bond motifs is 1. The molecule has 1 saturated heterocycles. The summed E-state index contributed by atoms with van der Waals surface area (Å²) in [6.45, 7) is 2.26. The lowest BCUT2D eigenvalue weighted by Gasteiger charge is -2.29. The molecule has 0 unspecified atom stereocenters. The monoisotopic (exact) mass is 369 g/mol. The maximum absolute atomic E-state index is 6.25. The van der Waals surface area contributed by atoms with Gasteiger partial charge in [-0.2, -0.15) is 0 Å². The van der Waals surface area contributed by atoms with Crippen molar-refractivity contribution in [2.24, 2.45) is 0 Å². The topological polar surface area (TPSA) is 16.4 Å². The summed E-state index contributed by atoms with van der Waals surface area (Å²) in [4.78, 5) is 2.51. The van der Waals surface area contributed by atoms with E-state index in [0.29, 0.717) is 0 Å². The SMILES string of the molecule is Brc1ccc2oc(Cc3ccccc3)c(N3CCCCC3)c2c1. The summed E-state index contributed by atoms with van der Waals surface area (Å²) in [5, 5.41) is 1.23. The van der Waals surface area contributed by atoms with Crippen LogP contribution in [0.5, 0.6) is 0 Å². The molecule has 23 heavy (non-hydrogen) atoms. The van der Waals surface area contributed by atoms with Gasteiger partial charge in [-0.25, -0.2) is 0 Å². The normalized spacial score (nSPS) is 15.3. The molecule has 0 amide bonds. The van der Waals surface area contributed by atoms with Crippen LogP contribution in [-0.4, -0.2) is 13.1 Å². The number of piperidine rings is 1. The smallest absolute Gasteiger partial charge is 0.136 e. The number of hydrogen-bond acceptors (Lipinski definition) is 2. The van der Waals surface area contributed by atoms with Crippen molar-refractivity contribution in [1.29, 1.82) is 0 Å². The number of furan rings is 1. The third kappa shape index (κ3) is 3.02. The van der Waals surface area contributed by atoms with Gasteiger partial charge in [0.1, 0.15) is 11.3 Å². The summed E-state index contributed by atoms with van der Waals surface area (Å²) in [5.74, 6) is 1.09. The van der Waals surface area contributed by atoms with Crippen molar-refractivity contribution in [3.8, 4) is 0 Å². The number of anilines is 1. The third-order valence-corrected chi connectivity index (χ3v) is 5.07. The Morgan fingerprint density at radius 3 is 2.52 bits per heavy atom. The second-order valence-corrected chi connectivity index (χ2v) is 7.14. The predicted molar refractivity (Wildman–Crippen MR) is 99.2 cm³/mol. The van der Waals surface area contributed by atoms with E-state index in [-0.39, 0.29) is 0 Å². The molecule has 2 nitrogen and oxygen atoms in total. The van der Waals surface area contributed by atoms with Crippen LogP contribution in [-0.2, 0) is 6.42 Å². The van der Waals surface area contributed by atoms with Crippen LogP contribution in [0.15, 0.2) is 57.4 Å². The van der Waals surface area contributed by atoms with E-state index in [1.807, 2.05) is 0 Å². The molecule has 2 aromatic carbocycles. The maximum atomic E-state index is 6.25. The van der Waals surface area contributed by atoms with Gasteiger partial charge in [-0.1, -0.05) is 46.3 Å². The van der Waals surface area contributed by atoms with E-state index < -0.39 is 0 Å². The lowest BCUT2D eigenvalue weighted by molar-refractivity contribution is 0.544. The molecule has 1 aromatic heterocycles. The molecule has 0 spiro atoms. The van der Waals surface area contributed by atoms with Crippen LogP contribution in [0.4, 0.5) is 5.69 Å². The highest BCUT2D eigenvalue weighted by Crippen LogP contribution is 2.38. The van der Waals surface area contributed by atoms with Gasteiger partial charge in [0.2, 0.25) is 0 Å². The standard InChI is InChI=1S/C20H20BrNO/c21-16-9-10-18-17(14-16)20(22-11-5-2-6-12-22)19(23-18)13-15-7-3-1-4-8-15/h1,3-4,7-10,14H,2,5-6,11-13H2. The van der Waals surface area contributed by atoms with Crippen molar-refractivity contribution in [1.82, 2.24) is 0 Å². The molecular weight excluding hydrogens is 350 g/mol. The van der Waals surface area contributed by atoms with Crippen LogP contribution in [0.2, 0.25) is 0 Å². The van der Waals surface area contributed by atoms with Gasteiger partial charge in [-0.05, 0) is 43.0 Å². The summed E-state index contributed by atoms with van der Waals surface area (Å²) in [7, 11) is 0. The number of halogens is 1. The highest BCUT2D eigenvalue weighted by atomic mass is 79.9. The Balaban J connectivity index is 1.81. The average Bonchev–Trinajstić information content (AvgIpc) is 2.93. The molecule has 1 aliphatic rings. The largest absolute Gasteiger partial charge is 0.458 e. The van der Waals surface area contributed by atoms with Gasteiger partial charge in [0.05, 0.1) is 5.69 Å². The van der Waals surface area contributed by atoms with Crippen LogP contribution in [0.3, 0.4) is 0 Å². The van der Waals surface area contributed by atoms with Crippen molar-refractivity contribution in [2.45, 2.75) is 25.7 Å². The second kappa shape index (κ2) is 6.40. The Labute approximate surface area is 145 Å². The lowest BCUT2D eigenvalue weighted by Crippen LogP contribution is -2.29. The third-order valence-electron chi connectivity index (χ3n) is 4.57. The van der Waals surface area contributed by atoms with Crippen molar-refractivity contribution in [2.75, 3.05) is 18.0 Å². The molecule has 3 heteroatoms. The fourth-order valence-corrected chi connectivity index (χ4v) is 3.83. The Bertz CT molecular complexity index is 803. The molecule has 0 aliphatic carbocycles. The van der Waals surface area contributed by atoms with Crippen LogP contribution in [0.1, 0.15) is 30.6 Å². The number of benzene rings is 2. The molecule has 1 aliphatic heterocycles. The molecule has 0 N–H and O–H groups in total. The van der Waals surface area contributed by atoms with Gasteiger partial charge in [-0.3, -0.25) is 0 Å². The molecule has 0 atom stereocenters. The maximum Gasteiger partial charge on any atom is 0.136 e. The highest BCUT2D eigenvalue weighted by molar-refractivity contribution is 9.10. The molecule has 4 rings (SSSR count). The zero-order valence-corrected chi connectivity index (χ0v) is 14.7. The van der Waals surface area contributed by atoms with Crippen molar-refractivity contribution >= 4 is 32.6 Å². The minimum atomic E-state index is 0.846. The fraction of sp³-hybridized carbons (Fsp3) is 0.300. The Kier molecular flexibility index (Phi) is 4.13. The second-order valence-electron chi connectivity index (χ2n) is 6.22. The predicted octanol–water partition coefficient (Wildman–Crippen LogP) is 5.78. The van der Waals surface area contributed by atoms with E-state index in [2.05, 4.69) is 69.4 Å². The first kappa shape index (κ1) is 14.8. The number of rotatable bonds is 3. The summed E-state index contributed by atoms with van der Waals surface area (Å²) < 4.78 is 7.36. The zero-order valence-electron chi connectivity index (χ0n) is 13.1. The molecule has 1 fully saturated rings. The van der Waals surface area contributed by atoms with Gasteiger partial charge in [-0.15, -0.1) is 0 Å². The summed E-state index contributed by atoms with van der Waals surface area (Å²) in [6.07, 6.45) is 4.72. The first-order valence-corrected chi connectivity index (χ1v) is 9.10. The molecule has 0 saturated carbocycles. The van der Waals surface area contributed by atoms with E-state index >= 15 is 0 Å². The average molecular weight is 370 g/mol. The van der Waals surface area contributed by atoms with E-state index in [0.717, 1.165) is 35.3 Å². The highest BCUT2D eigenvalue weighted by Gasteiger charge is 2.22. The van der Waals surface area contributed by atoms with Gasteiger partial charge in [0.15, 0.2) is 0 Å². The van der Waals surface area contributed by atoms with E-state index in [9.17, 15) is 0 Å². The van der Waals surface area contributed by atoms with Crippen LogP contribution >= 0.6 is 15.9 Å². The van der Waals surface area contributed by atoms with Crippen molar-refractivity contribution < 1.29 is 4.42 Å². The van der Waals surface area contributed by atoms with Gasteiger partial charge >= 0.3 is 0 Å². The Morgan fingerprint density at radius 1 is 0.957 bits per heavy atom. The van der Waals surface area contributed by atoms with E-state index in [1.165, 1.54) is 35.9 Å². The van der Waals surface area contributed by atoms with Gasteiger partial charge in [0, 0.05) is 29.4 Å². The summed E-state index contributed by atoms with van der Waals surface area (Å²) in [6, 6.07) is 16.9. The molecular formula is C20H20BrNO. The quantitative estimate of drug-likeness (QED) is 0.581. The minimum absolute atomic E-state index is 0.846. The molecule has 0 radical (unpaired) electrons. The first-order valence-electron chi connectivity index (χ1n) is 8.31. The Morgan fingerprint density at radius 2 is 1.74 bits per heavy atom. The number of nitrogens with zero attached hydrogens (tertiary/aromatic N) is 1.